The summed E-state index contributed by atoms with van der Waals surface area (Å²) < 4.78 is 12.6. The van der Waals surface area contributed by atoms with Gasteiger partial charge in [-0.25, -0.2) is 0 Å². The van der Waals surface area contributed by atoms with Crippen molar-refractivity contribution >= 4 is 27.8 Å². The van der Waals surface area contributed by atoms with Crippen molar-refractivity contribution in [2.45, 2.75) is 33.2 Å². The molecule has 2 heterocycles. The molecule has 23 heavy (non-hydrogen) atoms. The van der Waals surface area contributed by atoms with Gasteiger partial charge in [0.25, 0.3) is 0 Å². The van der Waals surface area contributed by atoms with Crippen LogP contribution in [0, 0.1) is 13.8 Å². The lowest BCUT2D eigenvalue weighted by Gasteiger charge is -2.17. The summed E-state index contributed by atoms with van der Waals surface area (Å²) >= 11 is 0. The highest BCUT2D eigenvalue weighted by Gasteiger charge is 2.12. The Balaban J connectivity index is 2.15. The summed E-state index contributed by atoms with van der Waals surface area (Å²) in [7, 11) is 1.40. The van der Waals surface area contributed by atoms with Gasteiger partial charge < -0.3 is 13.7 Å². The van der Waals surface area contributed by atoms with Crippen molar-refractivity contribution in [2.24, 2.45) is 0 Å². The number of benzene rings is 1. The van der Waals surface area contributed by atoms with Crippen LogP contribution in [-0.4, -0.2) is 17.6 Å². The average Bonchev–Trinajstić information content (AvgIpc) is 2.48. The second kappa shape index (κ2) is 5.91. The van der Waals surface area contributed by atoms with E-state index in [0.717, 1.165) is 27.7 Å². The van der Waals surface area contributed by atoms with Crippen molar-refractivity contribution in [1.82, 2.24) is 4.57 Å². The smallest absolute Gasteiger partial charge is 0.305 e. The number of nitrogens with zero attached hydrogens (tertiary/aromatic N) is 1. The highest BCUT2D eigenvalue weighted by Crippen LogP contribution is 2.28. The number of aryl methyl sites for hydroxylation is 3. The molecule has 1 aromatic carbocycles. The summed E-state index contributed by atoms with van der Waals surface area (Å²) in [5.74, 6) is 0.543. The van der Waals surface area contributed by atoms with Gasteiger partial charge >= 0.3 is 5.97 Å². The van der Waals surface area contributed by atoms with Gasteiger partial charge in [-0.2, -0.15) is 0 Å². The Morgan fingerprint density at radius 2 is 2.00 bits per heavy atom. The maximum absolute atomic E-state index is 11.8. The van der Waals surface area contributed by atoms with Crippen molar-refractivity contribution in [3.63, 3.8) is 0 Å². The van der Waals surface area contributed by atoms with E-state index in [1.165, 1.54) is 13.2 Å². The molecule has 0 saturated heterocycles. The van der Waals surface area contributed by atoms with Crippen LogP contribution in [0.3, 0.4) is 0 Å². The molecule has 5 heteroatoms. The van der Waals surface area contributed by atoms with Crippen molar-refractivity contribution < 1.29 is 13.9 Å². The van der Waals surface area contributed by atoms with E-state index in [4.69, 9.17) is 9.15 Å². The Kier molecular flexibility index (Phi) is 3.94. The quantitative estimate of drug-likeness (QED) is 0.693. The van der Waals surface area contributed by atoms with E-state index in [-0.39, 0.29) is 11.4 Å². The third-order valence-electron chi connectivity index (χ3n) is 4.04. The summed E-state index contributed by atoms with van der Waals surface area (Å²) in [6, 6.07) is 7.12. The molecular weight excluding hydrogens is 294 g/mol. The number of carbonyl (C=O) groups excluding carboxylic acids is 1. The van der Waals surface area contributed by atoms with Gasteiger partial charge in [-0.15, -0.1) is 0 Å². The molecule has 0 atom stereocenters. The van der Waals surface area contributed by atoms with Crippen LogP contribution in [0.4, 0.5) is 0 Å². The number of aromatic nitrogens is 1. The maximum atomic E-state index is 11.8. The van der Waals surface area contributed by atoms with Crippen LogP contribution in [0.1, 0.15) is 24.3 Å². The zero-order valence-corrected chi connectivity index (χ0v) is 13.5. The minimum Gasteiger partial charge on any atom is -0.469 e. The van der Waals surface area contributed by atoms with Crippen molar-refractivity contribution in [2.75, 3.05) is 7.11 Å². The fourth-order valence-electron chi connectivity index (χ4n) is 3.03. The van der Waals surface area contributed by atoms with Crippen LogP contribution in [0.15, 0.2) is 33.5 Å². The average molecular weight is 313 g/mol. The predicted octanol–water partition coefficient (Wildman–Crippen LogP) is 3.32. The molecule has 0 aliphatic heterocycles. The van der Waals surface area contributed by atoms with E-state index in [0.29, 0.717) is 25.0 Å². The van der Waals surface area contributed by atoms with E-state index in [2.05, 4.69) is 4.57 Å². The molecule has 2 aromatic heterocycles. The van der Waals surface area contributed by atoms with Gasteiger partial charge in [0.2, 0.25) is 0 Å². The van der Waals surface area contributed by atoms with Gasteiger partial charge in [-0.05, 0) is 37.8 Å². The topological polar surface area (TPSA) is 61.4 Å². The highest BCUT2D eigenvalue weighted by atomic mass is 16.5. The Bertz CT molecular complexity index is 927. The number of pyridine rings is 1. The van der Waals surface area contributed by atoms with Crippen LogP contribution in [0.5, 0.6) is 0 Å². The fourth-order valence-corrected chi connectivity index (χ4v) is 3.03. The zero-order valence-electron chi connectivity index (χ0n) is 13.5. The zero-order chi connectivity index (χ0) is 16.6. The molecule has 0 saturated carbocycles. The fraction of sp³-hybridized carbons (Fsp3) is 0.333. The van der Waals surface area contributed by atoms with E-state index in [9.17, 15) is 9.59 Å². The van der Waals surface area contributed by atoms with Crippen LogP contribution in [0.2, 0.25) is 0 Å². The van der Waals surface area contributed by atoms with Gasteiger partial charge in [-0.1, -0.05) is 0 Å². The number of hydrogen-bond donors (Lipinski definition) is 0. The molecule has 0 spiro atoms. The first-order valence-corrected chi connectivity index (χ1v) is 7.61. The lowest BCUT2D eigenvalue weighted by atomic mass is 10.1. The lowest BCUT2D eigenvalue weighted by molar-refractivity contribution is -0.140. The summed E-state index contributed by atoms with van der Waals surface area (Å²) in [6.07, 6.45) is 1.07. The molecule has 0 fully saturated rings. The lowest BCUT2D eigenvalue weighted by Crippen LogP contribution is -2.09. The van der Waals surface area contributed by atoms with Gasteiger partial charge in [-0.3, -0.25) is 9.59 Å². The molecule has 0 aliphatic carbocycles. The number of rotatable bonds is 4. The SMILES string of the molecule is COC(=O)CCCn1c(C)cc2cc(=O)cc3oc(C)cc1c23. The van der Waals surface area contributed by atoms with Gasteiger partial charge in [0, 0.05) is 36.2 Å². The number of ether oxygens (including phenoxy) is 1. The number of hydrogen-bond acceptors (Lipinski definition) is 4. The molecule has 120 valence electrons. The molecule has 3 aromatic rings. The molecule has 0 radical (unpaired) electrons. The number of methoxy groups -OCH3 is 1. The third kappa shape index (κ3) is 2.86. The summed E-state index contributed by atoms with van der Waals surface area (Å²) in [6.45, 7) is 4.58. The predicted molar refractivity (Wildman–Crippen MR) is 88.7 cm³/mol. The van der Waals surface area contributed by atoms with Crippen LogP contribution < -0.4 is 5.43 Å². The molecule has 3 rings (SSSR count). The first-order chi connectivity index (χ1) is 11.0. The summed E-state index contributed by atoms with van der Waals surface area (Å²) in [5, 5.41) is 1.83. The molecule has 0 bridgehead atoms. The first kappa shape index (κ1) is 15.3. The van der Waals surface area contributed by atoms with E-state index in [1.807, 2.05) is 26.0 Å². The van der Waals surface area contributed by atoms with E-state index >= 15 is 0 Å². The van der Waals surface area contributed by atoms with Crippen molar-refractivity contribution in [1.29, 1.82) is 0 Å². The normalized spacial score (nSPS) is 11.3. The largest absolute Gasteiger partial charge is 0.469 e. The maximum Gasteiger partial charge on any atom is 0.305 e. The molecular formula is C18H19NO4. The van der Waals surface area contributed by atoms with E-state index in [1.54, 1.807) is 6.07 Å². The Morgan fingerprint density at radius 3 is 2.74 bits per heavy atom. The Morgan fingerprint density at radius 1 is 1.22 bits per heavy atom. The van der Waals surface area contributed by atoms with Crippen molar-refractivity contribution in [3.05, 3.63) is 45.9 Å². The Hall–Kier alpha value is -2.56. The molecule has 5 nitrogen and oxygen atoms in total. The summed E-state index contributed by atoms with van der Waals surface area (Å²) in [5.41, 5.74) is 2.60. The molecule has 0 amide bonds. The minimum atomic E-state index is -0.204. The standard InChI is InChI=1S/C18H19NO4/c1-11-7-13-9-14(20)10-16-18(13)15(8-12(2)23-16)19(11)6-4-5-17(21)22-3/h7-10H,4-6H2,1-3H3. The second-order valence-corrected chi connectivity index (χ2v) is 5.74. The van der Waals surface area contributed by atoms with E-state index < -0.39 is 0 Å². The molecule has 0 aliphatic rings. The summed E-state index contributed by atoms with van der Waals surface area (Å²) in [4.78, 5) is 23.1. The number of carbonyl (C=O) groups is 1. The van der Waals surface area contributed by atoms with Crippen molar-refractivity contribution in [3.8, 4) is 0 Å². The highest BCUT2D eigenvalue weighted by molar-refractivity contribution is 6.06. The number of esters is 1. The third-order valence-corrected chi connectivity index (χ3v) is 4.04. The van der Waals surface area contributed by atoms with Gasteiger partial charge in [0.15, 0.2) is 5.43 Å². The monoisotopic (exact) mass is 313 g/mol. The molecule has 0 unspecified atom stereocenters. The van der Waals surface area contributed by atoms with Crippen LogP contribution in [-0.2, 0) is 16.1 Å². The second-order valence-electron chi connectivity index (χ2n) is 5.74. The van der Waals surface area contributed by atoms with Gasteiger partial charge in [0.1, 0.15) is 11.3 Å². The van der Waals surface area contributed by atoms with Gasteiger partial charge in [0.05, 0.1) is 12.6 Å². The first-order valence-electron chi connectivity index (χ1n) is 7.61. The molecule has 0 N–H and O–H groups in total. The minimum absolute atomic E-state index is 0.0593. The Labute approximate surface area is 133 Å². The van der Waals surface area contributed by atoms with Crippen LogP contribution in [0.25, 0.3) is 21.9 Å². The van der Waals surface area contributed by atoms with Crippen LogP contribution >= 0.6 is 0 Å².